The number of methoxy groups -OCH3 is 1. The monoisotopic (exact) mass is 265 g/mol. The fourth-order valence-corrected chi connectivity index (χ4v) is 1.77. The second-order valence-electron chi connectivity index (χ2n) is 5.31. The third-order valence-electron chi connectivity index (χ3n) is 2.91. The molecule has 19 heavy (non-hydrogen) atoms. The lowest BCUT2D eigenvalue weighted by Crippen LogP contribution is -2.32. The molecule has 0 unspecified atom stereocenters. The van der Waals surface area contributed by atoms with Gasteiger partial charge in [-0.15, -0.1) is 0 Å². The molecule has 0 aromatic heterocycles. The van der Waals surface area contributed by atoms with Gasteiger partial charge in [0.05, 0.1) is 12.5 Å². The summed E-state index contributed by atoms with van der Waals surface area (Å²) in [5, 5.41) is 3.11. The molecule has 0 amide bonds. The van der Waals surface area contributed by atoms with Crippen molar-refractivity contribution in [2.45, 2.75) is 27.3 Å². The Hall–Kier alpha value is -1.55. The highest BCUT2D eigenvalue weighted by molar-refractivity contribution is 5.75. The number of ether oxygens (including phenoxy) is 2. The van der Waals surface area contributed by atoms with Crippen LogP contribution in [0.5, 0.6) is 5.75 Å². The summed E-state index contributed by atoms with van der Waals surface area (Å²) in [6.07, 6.45) is 0. The molecule has 1 N–H and O–H groups in total. The standard InChI is InChI=1S/C15H23NO3/c1-11-6-7-13(12(8-11)9-16-4)19-10-15(2,3)14(17)18-5/h6-8,16H,9-10H2,1-5H3. The van der Waals surface area contributed by atoms with Gasteiger partial charge in [-0.05, 0) is 33.9 Å². The van der Waals surface area contributed by atoms with Crippen molar-refractivity contribution >= 4 is 5.97 Å². The van der Waals surface area contributed by atoms with Crippen LogP contribution in [0.15, 0.2) is 18.2 Å². The first-order valence-corrected chi connectivity index (χ1v) is 6.36. The van der Waals surface area contributed by atoms with Gasteiger partial charge in [-0.25, -0.2) is 0 Å². The second-order valence-corrected chi connectivity index (χ2v) is 5.31. The molecule has 1 rings (SSSR count). The lowest BCUT2D eigenvalue weighted by molar-refractivity contribution is -0.152. The first-order chi connectivity index (χ1) is 8.90. The van der Waals surface area contributed by atoms with E-state index in [0.29, 0.717) is 6.61 Å². The highest BCUT2D eigenvalue weighted by Gasteiger charge is 2.30. The summed E-state index contributed by atoms with van der Waals surface area (Å²) in [6, 6.07) is 6.02. The van der Waals surface area contributed by atoms with E-state index in [0.717, 1.165) is 17.9 Å². The number of carbonyl (C=O) groups is 1. The van der Waals surface area contributed by atoms with Crippen LogP contribution in [0.2, 0.25) is 0 Å². The van der Waals surface area contributed by atoms with Gasteiger partial charge < -0.3 is 14.8 Å². The Morgan fingerprint density at radius 1 is 1.37 bits per heavy atom. The van der Waals surface area contributed by atoms with Gasteiger partial charge in [-0.3, -0.25) is 4.79 Å². The summed E-state index contributed by atoms with van der Waals surface area (Å²) in [6.45, 7) is 6.69. The van der Waals surface area contributed by atoms with Crippen molar-refractivity contribution < 1.29 is 14.3 Å². The summed E-state index contributed by atoms with van der Waals surface area (Å²) in [5.74, 6) is 0.534. The van der Waals surface area contributed by atoms with Crippen LogP contribution in [-0.4, -0.2) is 26.7 Å². The normalized spacial score (nSPS) is 11.2. The molecule has 4 heteroatoms. The molecule has 0 fully saturated rings. The van der Waals surface area contributed by atoms with E-state index in [2.05, 4.69) is 11.4 Å². The van der Waals surface area contributed by atoms with Gasteiger partial charge in [-0.2, -0.15) is 0 Å². The smallest absolute Gasteiger partial charge is 0.314 e. The third kappa shape index (κ3) is 4.24. The van der Waals surface area contributed by atoms with E-state index in [1.807, 2.05) is 40.0 Å². The highest BCUT2D eigenvalue weighted by atomic mass is 16.5. The SMILES string of the molecule is CNCc1cc(C)ccc1OCC(C)(C)C(=O)OC. The lowest BCUT2D eigenvalue weighted by atomic mass is 9.95. The van der Waals surface area contributed by atoms with Gasteiger partial charge in [0.25, 0.3) is 0 Å². The van der Waals surface area contributed by atoms with Crippen molar-refractivity contribution in [1.29, 1.82) is 0 Å². The summed E-state index contributed by atoms with van der Waals surface area (Å²) in [4.78, 5) is 11.6. The Labute approximate surface area is 115 Å². The molecule has 0 saturated heterocycles. The van der Waals surface area contributed by atoms with Crippen LogP contribution in [0.1, 0.15) is 25.0 Å². The predicted molar refractivity (Wildman–Crippen MR) is 75.2 cm³/mol. The van der Waals surface area contributed by atoms with Gasteiger partial charge in [0.15, 0.2) is 0 Å². The number of esters is 1. The average Bonchev–Trinajstić information content (AvgIpc) is 2.37. The van der Waals surface area contributed by atoms with E-state index in [9.17, 15) is 4.79 Å². The topological polar surface area (TPSA) is 47.6 Å². The van der Waals surface area contributed by atoms with Crippen LogP contribution in [0, 0.1) is 12.3 Å². The maximum atomic E-state index is 11.6. The van der Waals surface area contributed by atoms with E-state index in [4.69, 9.17) is 9.47 Å². The van der Waals surface area contributed by atoms with Gasteiger partial charge >= 0.3 is 5.97 Å². The van der Waals surface area contributed by atoms with Crippen molar-refractivity contribution in [3.63, 3.8) is 0 Å². The van der Waals surface area contributed by atoms with Gasteiger partial charge in [0, 0.05) is 12.1 Å². The maximum Gasteiger partial charge on any atom is 0.314 e. The molecule has 0 aliphatic heterocycles. The number of carbonyl (C=O) groups excluding carboxylic acids is 1. The summed E-state index contributed by atoms with van der Waals surface area (Å²) in [5.41, 5.74) is 1.62. The molecule has 1 aromatic rings. The Balaban J connectivity index is 2.80. The molecule has 0 aliphatic carbocycles. The maximum absolute atomic E-state index is 11.6. The van der Waals surface area contributed by atoms with Crippen molar-refractivity contribution in [3.05, 3.63) is 29.3 Å². The summed E-state index contributed by atoms with van der Waals surface area (Å²) in [7, 11) is 3.28. The number of aryl methyl sites for hydroxylation is 1. The Morgan fingerprint density at radius 3 is 2.63 bits per heavy atom. The number of benzene rings is 1. The minimum absolute atomic E-state index is 0.269. The zero-order valence-electron chi connectivity index (χ0n) is 12.4. The van der Waals surface area contributed by atoms with E-state index in [1.165, 1.54) is 12.7 Å². The van der Waals surface area contributed by atoms with Crippen molar-refractivity contribution in [2.75, 3.05) is 20.8 Å². The van der Waals surface area contributed by atoms with Crippen LogP contribution in [0.25, 0.3) is 0 Å². The van der Waals surface area contributed by atoms with Crippen LogP contribution >= 0.6 is 0 Å². The van der Waals surface area contributed by atoms with Gasteiger partial charge in [0.2, 0.25) is 0 Å². The summed E-state index contributed by atoms with van der Waals surface area (Å²) < 4.78 is 10.6. The number of hydrogen-bond acceptors (Lipinski definition) is 4. The fourth-order valence-electron chi connectivity index (χ4n) is 1.77. The van der Waals surface area contributed by atoms with Crippen LogP contribution in [-0.2, 0) is 16.1 Å². The fraction of sp³-hybridized carbons (Fsp3) is 0.533. The first kappa shape index (κ1) is 15.5. The largest absolute Gasteiger partial charge is 0.492 e. The molecular formula is C15H23NO3. The second kappa shape index (κ2) is 6.57. The molecule has 0 spiro atoms. The molecule has 0 heterocycles. The molecule has 0 aliphatic rings. The van der Waals surface area contributed by atoms with E-state index in [-0.39, 0.29) is 5.97 Å². The Bertz CT molecular complexity index is 441. The van der Waals surface area contributed by atoms with Crippen molar-refractivity contribution in [1.82, 2.24) is 5.32 Å². The minimum atomic E-state index is -0.656. The van der Waals surface area contributed by atoms with Crippen LogP contribution in [0.3, 0.4) is 0 Å². The van der Waals surface area contributed by atoms with Gasteiger partial charge in [0.1, 0.15) is 12.4 Å². The molecule has 1 aromatic carbocycles. The molecule has 106 valence electrons. The third-order valence-corrected chi connectivity index (χ3v) is 2.91. The number of rotatable bonds is 6. The predicted octanol–water partition coefficient (Wildman–Crippen LogP) is 2.29. The molecular weight excluding hydrogens is 242 g/mol. The zero-order chi connectivity index (χ0) is 14.5. The van der Waals surface area contributed by atoms with Gasteiger partial charge in [-0.1, -0.05) is 17.7 Å². The lowest BCUT2D eigenvalue weighted by Gasteiger charge is -2.22. The zero-order valence-corrected chi connectivity index (χ0v) is 12.4. The molecule has 4 nitrogen and oxygen atoms in total. The van der Waals surface area contributed by atoms with Crippen LogP contribution in [0.4, 0.5) is 0 Å². The number of nitrogens with one attached hydrogen (secondary N) is 1. The average molecular weight is 265 g/mol. The highest BCUT2D eigenvalue weighted by Crippen LogP contribution is 2.24. The molecule has 0 saturated carbocycles. The molecule has 0 radical (unpaired) electrons. The summed E-state index contributed by atoms with van der Waals surface area (Å²) >= 11 is 0. The van der Waals surface area contributed by atoms with E-state index >= 15 is 0 Å². The van der Waals surface area contributed by atoms with E-state index < -0.39 is 5.41 Å². The van der Waals surface area contributed by atoms with Crippen molar-refractivity contribution in [3.8, 4) is 5.75 Å². The van der Waals surface area contributed by atoms with Crippen molar-refractivity contribution in [2.24, 2.45) is 5.41 Å². The first-order valence-electron chi connectivity index (χ1n) is 6.36. The molecule has 0 atom stereocenters. The van der Waals surface area contributed by atoms with E-state index in [1.54, 1.807) is 0 Å². The number of hydrogen-bond donors (Lipinski definition) is 1. The molecule has 0 bridgehead atoms. The quantitative estimate of drug-likeness (QED) is 0.802. The minimum Gasteiger partial charge on any atom is -0.492 e. The Kier molecular flexibility index (Phi) is 5.36. The van der Waals surface area contributed by atoms with Crippen LogP contribution < -0.4 is 10.1 Å². The Morgan fingerprint density at radius 2 is 2.05 bits per heavy atom.